The summed E-state index contributed by atoms with van der Waals surface area (Å²) in [6.07, 6.45) is 3.24. The fourth-order valence-electron chi connectivity index (χ4n) is 2.30. The van der Waals surface area contributed by atoms with E-state index in [2.05, 4.69) is 27.5 Å². The Morgan fingerprint density at radius 2 is 1.96 bits per heavy atom. The van der Waals surface area contributed by atoms with Crippen molar-refractivity contribution in [2.45, 2.75) is 26.3 Å². The molecule has 0 aliphatic carbocycles. The highest BCUT2D eigenvalue weighted by Gasteiger charge is 2.06. The summed E-state index contributed by atoms with van der Waals surface area (Å²) in [5.41, 5.74) is 1.65. The Morgan fingerprint density at radius 3 is 2.72 bits per heavy atom. The van der Waals surface area contributed by atoms with Crippen LogP contribution in [0.15, 0.2) is 47.6 Å². The maximum Gasteiger partial charge on any atom is 0.218 e. The van der Waals surface area contributed by atoms with Gasteiger partial charge in [-0.05, 0) is 30.5 Å². The second-order valence-electron chi connectivity index (χ2n) is 5.51. The van der Waals surface area contributed by atoms with Crippen molar-refractivity contribution in [1.29, 1.82) is 0 Å². The minimum atomic E-state index is -0.180. The molecule has 0 radical (unpaired) electrons. The molecule has 1 aromatic carbocycles. The van der Waals surface area contributed by atoms with Crippen LogP contribution >= 0.6 is 0 Å². The number of nitrogens with zero attached hydrogens (tertiary/aromatic N) is 2. The van der Waals surface area contributed by atoms with Gasteiger partial charge in [-0.25, -0.2) is 9.37 Å². The van der Waals surface area contributed by atoms with E-state index >= 15 is 0 Å². The van der Waals surface area contributed by atoms with Crippen molar-refractivity contribution in [3.8, 4) is 5.88 Å². The van der Waals surface area contributed by atoms with E-state index in [1.807, 2.05) is 18.2 Å². The summed E-state index contributed by atoms with van der Waals surface area (Å²) in [5, 5.41) is 6.42. The lowest BCUT2D eigenvalue weighted by Crippen LogP contribution is -2.38. The third kappa shape index (κ3) is 6.06. The first-order chi connectivity index (χ1) is 12.2. The molecule has 0 bridgehead atoms. The predicted octanol–water partition coefficient (Wildman–Crippen LogP) is 2.92. The van der Waals surface area contributed by atoms with Crippen LogP contribution in [0, 0.1) is 5.82 Å². The molecule has 1 aromatic heterocycles. The maximum absolute atomic E-state index is 13.6. The standard InChI is InChI=1S/C19H25FN4O/c1-3-13-25-18-16(8-6-11-22-18)14-24-19(21-2)23-12-10-15-7-4-5-9-17(15)20/h4-9,11H,3,10,12-14H2,1-2H3,(H2,21,23,24). The molecular formula is C19H25FN4O. The van der Waals surface area contributed by atoms with Crippen molar-refractivity contribution in [2.75, 3.05) is 20.2 Å². The van der Waals surface area contributed by atoms with Crippen molar-refractivity contribution in [1.82, 2.24) is 15.6 Å². The number of aromatic nitrogens is 1. The van der Waals surface area contributed by atoms with Crippen LogP contribution in [0.4, 0.5) is 4.39 Å². The third-order valence-corrected chi connectivity index (χ3v) is 3.61. The predicted molar refractivity (Wildman–Crippen MR) is 98.3 cm³/mol. The minimum absolute atomic E-state index is 0.180. The van der Waals surface area contributed by atoms with Gasteiger partial charge in [0.25, 0.3) is 0 Å². The number of rotatable bonds is 8. The molecule has 0 amide bonds. The van der Waals surface area contributed by atoms with Crippen molar-refractivity contribution >= 4 is 5.96 Å². The minimum Gasteiger partial charge on any atom is -0.477 e. The number of pyridine rings is 1. The van der Waals surface area contributed by atoms with Crippen LogP contribution in [0.25, 0.3) is 0 Å². The molecule has 0 aliphatic rings. The summed E-state index contributed by atoms with van der Waals surface area (Å²) in [7, 11) is 1.70. The van der Waals surface area contributed by atoms with Crippen LogP contribution in [0.3, 0.4) is 0 Å². The summed E-state index contributed by atoms with van der Waals surface area (Å²) in [6.45, 7) is 3.83. The summed E-state index contributed by atoms with van der Waals surface area (Å²) in [5.74, 6) is 1.11. The van der Waals surface area contributed by atoms with Gasteiger partial charge >= 0.3 is 0 Å². The van der Waals surface area contributed by atoms with E-state index in [9.17, 15) is 4.39 Å². The lowest BCUT2D eigenvalue weighted by Gasteiger charge is -2.14. The molecule has 2 rings (SSSR count). The molecule has 134 valence electrons. The number of ether oxygens (including phenoxy) is 1. The number of aliphatic imine (C=N–C) groups is 1. The first-order valence-corrected chi connectivity index (χ1v) is 8.49. The molecule has 0 spiro atoms. The Kier molecular flexibility index (Phi) is 7.69. The van der Waals surface area contributed by atoms with Crippen LogP contribution in [0.5, 0.6) is 5.88 Å². The quantitative estimate of drug-likeness (QED) is 0.571. The first-order valence-electron chi connectivity index (χ1n) is 8.49. The zero-order chi connectivity index (χ0) is 17.9. The Labute approximate surface area is 148 Å². The second-order valence-corrected chi connectivity index (χ2v) is 5.51. The molecule has 2 aromatic rings. The zero-order valence-corrected chi connectivity index (χ0v) is 14.8. The molecule has 0 atom stereocenters. The largest absolute Gasteiger partial charge is 0.477 e. The average molecular weight is 344 g/mol. The number of guanidine groups is 1. The fraction of sp³-hybridized carbons (Fsp3) is 0.368. The van der Waals surface area contributed by atoms with Gasteiger partial charge in [0.2, 0.25) is 5.88 Å². The molecule has 0 saturated carbocycles. The monoisotopic (exact) mass is 344 g/mol. The van der Waals surface area contributed by atoms with Gasteiger partial charge in [0.15, 0.2) is 5.96 Å². The lowest BCUT2D eigenvalue weighted by molar-refractivity contribution is 0.301. The van der Waals surface area contributed by atoms with Crippen LogP contribution in [0.2, 0.25) is 0 Å². The Hall–Kier alpha value is -2.63. The summed E-state index contributed by atoms with van der Waals surface area (Å²) >= 11 is 0. The molecule has 1 heterocycles. The van der Waals surface area contributed by atoms with Gasteiger partial charge in [-0.3, -0.25) is 4.99 Å². The Bertz CT molecular complexity index is 691. The molecular weight excluding hydrogens is 319 g/mol. The summed E-state index contributed by atoms with van der Waals surface area (Å²) in [4.78, 5) is 8.46. The molecule has 25 heavy (non-hydrogen) atoms. The number of halogens is 1. The average Bonchev–Trinajstić information content (AvgIpc) is 2.65. The number of hydrogen-bond donors (Lipinski definition) is 2. The van der Waals surface area contributed by atoms with E-state index in [0.29, 0.717) is 43.5 Å². The van der Waals surface area contributed by atoms with Crippen LogP contribution < -0.4 is 15.4 Å². The number of hydrogen-bond acceptors (Lipinski definition) is 3. The molecule has 6 heteroatoms. The Balaban J connectivity index is 1.83. The normalized spacial score (nSPS) is 11.2. The van der Waals surface area contributed by atoms with Crippen LogP contribution in [0.1, 0.15) is 24.5 Å². The molecule has 0 saturated heterocycles. The highest BCUT2D eigenvalue weighted by Crippen LogP contribution is 2.14. The van der Waals surface area contributed by atoms with E-state index in [4.69, 9.17) is 4.74 Å². The van der Waals surface area contributed by atoms with Crippen molar-refractivity contribution < 1.29 is 9.13 Å². The SMILES string of the molecule is CCCOc1ncccc1CNC(=NC)NCCc1ccccc1F. The fourth-order valence-corrected chi connectivity index (χ4v) is 2.30. The van der Waals surface area contributed by atoms with E-state index in [1.54, 1.807) is 25.4 Å². The molecule has 0 aliphatic heterocycles. The van der Waals surface area contributed by atoms with Crippen molar-refractivity contribution in [2.24, 2.45) is 4.99 Å². The van der Waals surface area contributed by atoms with Gasteiger partial charge in [0.1, 0.15) is 5.82 Å². The first kappa shape index (κ1) is 18.7. The van der Waals surface area contributed by atoms with Gasteiger partial charge in [-0.2, -0.15) is 0 Å². The zero-order valence-electron chi connectivity index (χ0n) is 14.8. The molecule has 5 nitrogen and oxygen atoms in total. The highest BCUT2D eigenvalue weighted by atomic mass is 19.1. The lowest BCUT2D eigenvalue weighted by atomic mass is 10.1. The Morgan fingerprint density at radius 1 is 1.16 bits per heavy atom. The van der Waals surface area contributed by atoms with Crippen LogP contribution in [-0.4, -0.2) is 31.1 Å². The number of nitrogens with one attached hydrogen (secondary N) is 2. The van der Waals surface area contributed by atoms with Gasteiger partial charge in [0, 0.05) is 31.9 Å². The smallest absolute Gasteiger partial charge is 0.218 e. The van der Waals surface area contributed by atoms with Crippen molar-refractivity contribution in [3.63, 3.8) is 0 Å². The van der Waals surface area contributed by atoms with E-state index < -0.39 is 0 Å². The molecule has 2 N–H and O–H groups in total. The summed E-state index contributed by atoms with van der Waals surface area (Å²) in [6, 6.07) is 10.6. The second kappa shape index (κ2) is 10.3. The van der Waals surface area contributed by atoms with Gasteiger partial charge in [0.05, 0.1) is 6.61 Å². The third-order valence-electron chi connectivity index (χ3n) is 3.61. The van der Waals surface area contributed by atoms with E-state index in [-0.39, 0.29) is 5.82 Å². The number of benzene rings is 1. The van der Waals surface area contributed by atoms with E-state index in [1.165, 1.54) is 6.07 Å². The maximum atomic E-state index is 13.6. The van der Waals surface area contributed by atoms with Gasteiger partial charge in [-0.15, -0.1) is 0 Å². The topological polar surface area (TPSA) is 58.5 Å². The van der Waals surface area contributed by atoms with Gasteiger partial charge in [-0.1, -0.05) is 31.2 Å². The van der Waals surface area contributed by atoms with E-state index in [0.717, 1.165) is 12.0 Å². The van der Waals surface area contributed by atoms with Crippen molar-refractivity contribution in [3.05, 3.63) is 59.5 Å². The highest BCUT2D eigenvalue weighted by molar-refractivity contribution is 5.79. The molecule has 0 unspecified atom stereocenters. The molecule has 0 fully saturated rings. The van der Waals surface area contributed by atoms with Crippen LogP contribution in [-0.2, 0) is 13.0 Å². The van der Waals surface area contributed by atoms with Gasteiger partial charge < -0.3 is 15.4 Å². The summed E-state index contributed by atoms with van der Waals surface area (Å²) < 4.78 is 19.3.